The van der Waals surface area contributed by atoms with Gasteiger partial charge in [-0.15, -0.1) is 0 Å². The lowest BCUT2D eigenvalue weighted by Crippen LogP contribution is -2.44. The maximum absolute atomic E-state index is 10.7. The smallest absolute Gasteiger partial charge is 0.280 e. The van der Waals surface area contributed by atoms with Gasteiger partial charge in [0.05, 0.1) is 0 Å². The zero-order valence-corrected chi connectivity index (χ0v) is 13.0. The topological polar surface area (TPSA) is 20.2 Å². The summed E-state index contributed by atoms with van der Waals surface area (Å²) in [5, 5.41) is 2.04. The third-order valence-electron chi connectivity index (χ3n) is 3.72. The summed E-state index contributed by atoms with van der Waals surface area (Å²) in [6.07, 6.45) is 3.66. The van der Waals surface area contributed by atoms with E-state index in [2.05, 4.69) is 27.0 Å². The minimum atomic E-state index is -1.71. The van der Waals surface area contributed by atoms with Crippen LogP contribution in [0.2, 0.25) is 0 Å². The van der Waals surface area contributed by atoms with E-state index < -0.39 is 9.04 Å². The molecule has 2 heteroatoms. The average molecular weight is 279 g/mol. The molecule has 0 aromatic heterocycles. The van der Waals surface area contributed by atoms with Crippen molar-refractivity contribution < 1.29 is 4.80 Å². The molecule has 101 valence electrons. The van der Waals surface area contributed by atoms with Gasteiger partial charge in [0.15, 0.2) is 0 Å². The van der Waals surface area contributed by atoms with Crippen molar-refractivity contribution in [2.75, 3.05) is 0 Å². The average Bonchev–Trinajstić information content (AvgIpc) is 2.49. The molecular weight excluding hydrogens is 260 g/mol. The molecule has 0 spiro atoms. The SMILES string of the molecule is C=Cc1ccc([Si](O)c2ccc(C=C)c(C)c2C)cc1. The van der Waals surface area contributed by atoms with Crippen molar-refractivity contribution in [1.29, 1.82) is 0 Å². The van der Waals surface area contributed by atoms with Gasteiger partial charge >= 0.3 is 0 Å². The van der Waals surface area contributed by atoms with Gasteiger partial charge in [0.25, 0.3) is 9.04 Å². The Morgan fingerprint density at radius 1 is 0.900 bits per heavy atom. The highest BCUT2D eigenvalue weighted by molar-refractivity contribution is 6.79. The summed E-state index contributed by atoms with van der Waals surface area (Å²) in [6.45, 7) is 11.7. The second kappa shape index (κ2) is 6.03. The third kappa shape index (κ3) is 2.67. The normalized spacial score (nSPS) is 10.6. The molecule has 0 saturated heterocycles. The fourth-order valence-corrected chi connectivity index (χ4v) is 3.83. The van der Waals surface area contributed by atoms with Gasteiger partial charge < -0.3 is 4.80 Å². The summed E-state index contributed by atoms with van der Waals surface area (Å²) >= 11 is 0. The molecule has 20 heavy (non-hydrogen) atoms. The Morgan fingerprint density at radius 3 is 2.10 bits per heavy atom. The standard InChI is InChI=1S/C18H19OSi/c1-5-15-7-10-17(11-8-15)20(19)18-12-9-16(6-2)13(3)14(18)4/h5-12,19H,1-2H2,3-4H3. The van der Waals surface area contributed by atoms with E-state index in [9.17, 15) is 4.80 Å². The Morgan fingerprint density at radius 2 is 1.55 bits per heavy atom. The molecule has 0 bridgehead atoms. The van der Waals surface area contributed by atoms with E-state index in [1.54, 1.807) is 0 Å². The first-order valence-corrected chi connectivity index (χ1v) is 8.05. The predicted molar refractivity (Wildman–Crippen MR) is 89.8 cm³/mol. The quantitative estimate of drug-likeness (QED) is 0.853. The number of benzene rings is 2. The summed E-state index contributed by atoms with van der Waals surface area (Å²) in [5.74, 6) is 0. The Balaban J connectivity index is 2.42. The molecule has 2 rings (SSSR count). The predicted octanol–water partition coefficient (Wildman–Crippen LogP) is 2.69. The molecule has 0 aliphatic carbocycles. The van der Waals surface area contributed by atoms with Crippen LogP contribution in [-0.4, -0.2) is 13.8 Å². The van der Waals surface area contributed by atoms with Gasteiger partial charge in [-0.05, 0) is 46.5 Å². The summed E-state index contributed by atoms with van der Waals surface area (Å²) in [5.41, 5.74) is 4.55. The van der Waals surface area contributed by atoms with E-state index in [4.69, 9.17) is 0 Å². The zero-order chi connectivity index (χ0) is 14.7. The molecule has 1 nitrogen and oxygen atoms in total. The molecule has 2 aromatic rings. The lowest BCUT2D eigenvalue weighted by atomic mass is 10.0. The first kappa shape index (κ1) is 14.5. The van der Waals surface area contributed by atoms with Gasteiger partial charge in [-0.2, -0.15) is 0 Å². The van der Waals surface area contributed by atoms with E-state index in [1.807, 2.05) is 48.6 Å². The largest absolute Gasteiger partial charge is 0.424 e. The molecule has 0 fully saturated rings. The van der Waals surface area contributed by atoms with E-state index >= 15 is 0 Å². The van der Waals surface area contributed by atoms with E-state index in [-0.39, 0.29) is 0 Å². The van der Waals surface area contributed by atoms with Gasteiger partial charge in [-0.3, -0.25) is 0 Å². The number of rotatable bonds is 4. The van der Waals surface area contributed by atoms with Gasteiger partial charge in [-0.25, -0.2) is 0 Å². The highest BCUT2D eigenvalue weighted by Crippen LogP contribution is 2.13. The Kier molecular flexibility index (Phi) is 4.38. The van der Waals surface area contributed by atoms with E-state index in [0.29, 0.717) is 0 Å². The fourth-order valence-electron chi connectivity index (χ4n) is 2.25. The lowest BCUT2D eigenvalue weighted by molar-refractivity contribution is 0.600. The van der Waals surface area contributed by atoms with Gasteiger partial charge in [0.2, 0.25) is 0 Å². The summed E-state index contributed by atoms with van der Waals surface area (Å²) in [4.78, 5) is 10.7. The van der Waals surface area contributed by atoms with Gasteiger partial charge in [0.1, 0.15) is 0 Å². The lowest BCUT2D eigenvalue weighted by Gasteiger charge is -2.15. The van der Waals surface area contributed by atoms with E-state index in [0.717, 1.165) is 27.1 Å². The Labute approximate surface area is 122 Å². The molecule has 0 aliphatic rings. The van der Waals surface area contributed by atoms with Crippen LogP contribution in [0.15, 0.2) is 49.6 Å². The second-order valence-corrected chi connectivity index (χ2v) is 6.64. The molecule has 0 unspecified atom stereocenters. The molecule has 1 N–H and O–H groups in total. The van der Waals surface area contributed by atoms with Crippen molar-refractivity contribution >= 4 is 31.6 Å². The molecule has 0 amide bonds. The minimum Gasteiger partial charge on any atom is -0.424 e. The van der Waals surface area contributed by atoms with Crippen LogP contribution in [0.25, 0.3) is 12.2 Å². The van der Waals surface area contributed by atoms with Crippen molar-refractivity contribution in [1.82, 2.24) is 0 Å². The molecule has 2 aromatic carbocycles. The van der Waals surface area contributed by atoms with E-state index in [1.165, 1.54) is 5.56 Å². The zero-order valence-electron chi connectivity index (χ0n) is 12.0. The van der Waals surface area contributed by atoms with Crippen LogP contribution in [0, 0.1) is 13.8 Å². The molecule has 0 atom stereocenters. The molecule has 0 heterocycles. The first-order chi connectivity index (χ1) is 9.58. The molecule has 1 radical (unpaired) electrons. The minimum absolute atomic E-state index is 0.995. The van der Waals surface area contributed by atoms with Crippen LogP contribution in [0.4, 0.5) is 0 Å². The maximum Gasteiger partial charge on any atom is 0.280 e. The Hall–Kier alpha value is -1.90. The monoisotopic (exact) mass is 279 g/mol. The Bertz CT molecular complexity index is 641. The number of hydrogen-bond acceptors (Lipinski definition) is 1. The fraction of sp³-hybridized carbons (Fsp3) is 0.111. The van der Waals surface area contributed by atoms with Crippen LogP contribution in [0.3, 0.4) is 0 Å². The van der Waals surface area contributed by atoms with Crippen molar-refractivity contribution in [3.05, 3.63) is 71.8 Å². The van der Waals surface area contributed by atoms with Crippen LogP contribution in [0.5, 0.6) is 0 Å². The van der Waals surface area contributed by atoms with Gasteiger partial charge in [0, 0.05) is 0 Å². The van der Waals surface area contributed by atoms with Crippen LogP contribution in [0.1, 0.15) is 22.3 Å². The third-order valence-corrected chi connectivity index (χ3v) is 5.66. The van der Waals surface area contributed by atoms with Crippen molar-refractivity contribution in [2.24, 2.45) is 0 Å². The van der Waals surface area contributed by atoms with Crippen LogP contribution in [-0.2, 0) is 0 Å². The molecular formula is C18H19OSi. The molecule has 0 aliphatic heterocycles. The van der Waals surface area contributed by atoms with Crippen molar-refractivity contribution in [2.45, 2.75) is 13.8 Å². The van der Waals surface area contributed by atoms with Crippen LogP contribution < -0.4 is 10.4 Å². The summed E-state index contributed by atoms with van der Waals surface area (Å²) in [7, 11) is -1.71. The maximum atomic E-state index is 10.7. The van der Waals surface area contributed by atoms with Crippen LogP contribution >= 0.6 is 0 Å². The van der Waals surface area contributed by atoms with Crippen molar-refractivity contribution in [3.63, 3.8) is 0 Å². The highest BCUT2D eigenvalue weighted by atomic mass is 28.3. The van der Waals surface area contributed by atoms with Gasteiger partial charge in [-0.1, -0.05) is 61.7 Å². The summed E-state index contributed by atoms with van der Waals surface area (Å²) in [6, 6.07) is 12.0. The highest BCUT2D eigenvalue weighted by Gasteiger charge is 2.18. The summed E-state index contributed by atoms with van der Waals surface area (Å²) < 4.78 is 0. The first-order valence-electron chi connectivity index (χ1n) is 6.60. The van der Waals surface area contributed by atoms with Crippen molar-refractivity contribution in [3.8, 4) is 0 Å². The second-order valence-electron chi connectivity index (χ2n) is 4.83. The molecule has 0 saturated carbocycles. The number of hydrogen-bond donors (Lipinski definition) is 1.